The first-order valence-corrected chi connectivity index (χ1v) is 11.9. The van der Waals surface area contributed by atoms with Crippen LogP contribution in [-0.2, 0) is 4.79 Å². The van der Waals surface area contributed by atoms with Gasteiger partial charge in [0.05, 0.1) is 22.7 Å². The Labute approximate surface area is 199 Å². The Hall–Kier alpha value is -3.67. The molecule has 0 radical (unpaired) electrons. The number of carbonyl (C=O) groups excluding carboxylic acids is 1. The molecule has 9 heteroatoms. The highest BCUT2D eigenvalue weighted by Gasteiger charge is 2.35. The number of amides is 1. The standard InChI is InChI=1S/C25H30N8O/c1-16(2)25(34)32-13-17(3)31(12-18(32)4)23-22-20(30-8-5-9-30)14-33(24(22)29-15-28-23)21-10-19(11-26)6-7-27-21/h6-7,10,14-18H,5,8-9,12-13H2,1-4H3/t17-,18+/m0/s1. The van der Waals surface area contributed by atoms with Gasteiger partial charge in [0.1, 0.15) is 18.0 Å². The highest BCUT2D eigenvalue weighted by molar-refractivity contribution is 6.01. The van der Waals surface area contributed by atoms with Crippen molar-refractivity contribution in [2.75, 3.05) is 36.0 Å². The Balaban J connectivity index is 1.61. The van der Waals surface area contributed by atoms with E-state index in [0.29, 0.717) is 24.5 Å². The minimum Gasteiger partial charge on any atom is -0.369 e. The Bertz CT molecular complexity index is 1270. The van der Waals surface area contributed by atoms with Crippen molar-refractivity contribution >= 4 is 28.4 Å². The van der Waals surface area contributed by atoms with Crippen LogP contribution >= 0.6 is 0 Å². The third kappa shape index (κ3) is 3.63. The number of carbonyl (C=O) groups is 1. The van der Waals surface area contributed by atoms with E-state index in [1.807, 2.05) is 23.3 Å². The molecule has 0 aliphatic carbocycles. The summed E-state index contributed by atoms with van der Waals surface area (Å²) in [4.78, 5) is 33.3. The van der Waals surface area contributed by atoms with E-state index in [2.05, 4.69) is 45.9 Å². The molecule has 5 rings (SSSR count). The van der Waals surface area contributed by atoms with Crippen LogP contribution < -0.4 is 9.80 Å². The minimum absolute atomic E-state index is 0.0179. The maximum atomic E-state index is 12.8. The van der Waals surface area contributed by atoms with Crippen molar-refractivity contribution in [1.82, 2.24) is 24.4 Å². The Kier molecular flexibility index (Phi) is 5.60. The van der Waals surface area contributed by atoms with Gasteiger partial charge in [-0.3, -0.25) is 9.36 Å². The molecule has 0 spiro atoms. The second-order valence-corrected chi connectivity index (χ2v) is 9.63. The number of piperazine rings is 1. The molecular formula is C25H30N8O. The lowest BCUT2D eigenvalue weighted by Gasteiger charge is -2.45. The van der Waals surface area contributed by atoms with Crippen LogP contribution in [0.25, 0.3) is 16.9 Å². The number of fused-ring (bicyclic) bond motifs is 1. The summed E-state index contributed by atoms with van der Waals surface area (Å²) in [6, 6.07) is 5.87. The predicted molar refractivity (Wildman–Crippen MR) is 131 cm³/mol. The molecule has 2 aliphatic rings. The smallest absolute Gasteiger partial charge is 0.225 e. The Morgan fingerprint density at radius 1 is 1.15 bits per heavy atom. The first-order valence-electron chi connectivity index (χ1n) is 11.9. The first-order chi connectivity index (χ1) is 16.4. The monoisotopic (exact) mass is 458 g/mol. The van der Waals surface area contributed by atoms with E-state index in [4.69, 9.17) is 4.98 Å². The van der Waals surface area contributed by atoms with E-state index in [1.54, 1.807) is 24.7 Å². The predicted octanol–water partition coefficient (Wildman–Crippen LogP) is 2.98. The molecule has 3 aromatic rings. The van der Waals surface area contributed by atoms with E-state index in [-0.39, 0.29) is 23.9 Å². The summed E-state index contributed by atoms with van der Waals surface area (Å²) in [6.07, 6.45) is 6.48. The summed E-state index contributed by atoms with van der Waals surface area (Å²) in [5.41, 5.74) is 2.41. The van der Waals surface area contributed by atoms with Crippen LogP contribution in [-0.4, -0.2) is 68.6 Å². The normalized spacial score (nSPS) is 20.5. The van der Waals surface area contributed by atoms with Gasteiger partial charge >= 0.3 is 0 Å². The molecule has 0 unspecified atom stereocenters. The van der Waals surface area contributed by atoms with E-state index in [9.17, 15) is 10.1 Å². The van der Waals surface area contributed by atoms with E-state index >= 15 is 0 Å². The Morgan fingerprint density at radius 2 is 1.94 bits per heavy atom. The summed E-state index contributed by atoms with van der Waals surface area (Å²) in [7, 11) is 0. The van der Waals surface area contributed by atoms with Crippen molar-refractivity contribution in [3.8, 4) is 11.9 Å². The number of nitrogens with zero attached hydrogens (tertiary/aromatic N) is 8. The SMILES string of the molecule is CC(C)C(=O)N1C[C@H](C)N(c2ncnc3c2c(N2CCC2)cn3-c2cc(C#N)ccn2)C[C@H]1C. The molecule has 2 atom stereocenters. The Morgan fingerprint density at radius 3 is 2.62 bits per heavy atom. The van der Waals surface area contributed by atoms with Gasteiger partial charge in [0.25, 0.3) is 0 Å². The molecule has 2 saturated heterocycles. The molecule has 176 valence electrons. The van der Waals surface area contributed by atoms with Gasteiger partial charge in [0, 0.05) is 56.6 Å². The topological polar surface area (TPSA) is 94.2 Å². The van der Waals surface area contributed by atoms with Gasteiger partial charge in [-0.25, -0.2) is 15.0 Å². The number of hydrogen-bond donors (Lipinski definition) is 0. The van der Waals surface area contributed by atoms with Gasteiger partial charge in [-0.2, -0.15) is 5.26 Å². The third-order valence-corrected chi connectivity index (χ3v) is 6.90. The molecule has 34 heavy (non-hydrogen) atoms. The van der Waals surface area contributed by atoms with Crippen molar-refractivity contribution in [2.45, 2.75) is 46.2 Å². The molecule has 3 aromatic heterocycles. The van der Waals surface area contributed by atoms with Gasteiger partial charge in [-0.15, -0.1) is 0 Å². The van der Waals surface area contributed by atoms with Crippen LogP contribution in [0.5, 0.6) is 0 Å². The second-order valence-electron chi connectivity index (χ2n) is 9.63. The molecule has 2 fully saturated rings. The molecule has 0 N–H and O–H groups in total. The number of pyridine rings is 1. The highest BCUT2D eigenvalue weighted by atomic mass is 16.2. The van der Waals surface area contributed by atoms with Gasteiger partial charge in [0.15, 0.2) is 5.65 Å². The summed E-state index contributed by atoms with van der Waals surface area (Å²) in [5, 5.41) is 10.4. The second kappa shape index (κ2) is 8.60. The first kappa shape index (κ1) is 22.1. The maximum Gasteiger partial charge on any atom is 0.225 e. The average Bonchev–Trinajstić information content (AvgIpc) is 3.18. The molecule has 2 aliphatic heterocycles. The molecule has 0 aromatic carbocycles. The fraction of sp³-hybridized carbons (Fsp3) is 0.480. The summed E-state index contributed by atoms with van der Waals surface area (Å²) in [5.74, 6) is 1.73. The van der Waals surface area contributed by atoms with Crippen LogP contribution in [0, 0.1) is 17.2 Å². The van der Waals surface area contributed by atoms with Gasteiger partial charge in [-0.1, -0.05) is 13.8 Å². The number of rotatable bonds is 4. The van der Waals surface area contributed by atoms with Gasteiger partial charge in [-0.05, 0) is 32.4 Å². The largest absolute Gasteiger partial charge is 0.369 e. The van der Waals surface area contributed by atoms with Crippen LogP contribution in [0.3, 0.4) is 0 Å². The average molecular weight is 459 g/mol. The summed E-state index contributed by atoms with van der Waals surface area (Å²) in [6.45, 7) is 11.5. The number of hydrogen-bond acceptors (Lipinski definition) is 7. The van der Waals surface area contributed by atoms with Crippen molar-refractivity contribution in [2.24, 2.45) is 5.92 Å². The van der Waals surface area contributed by atoms with Crippen molar-refractivity contribution in [1.29, 1.82) is 5.26 Å². The van der Waals surface area contributed by atoms with E-state index in [0.717, 1.165) is 42.0 Å². The van der Waals surface area contributed by atoms with Gasteiger partial charge in [0.2, 0.25) is 5.91 Å². The fourth-order valence-corrected chi connectivity index (χ4v) is 4.90. The lowest BCUT2D eigenvalue weighted by atomic mass is 10.0. The molecule has 1 amide bonds. The minimum atomic E-state index is -0.0179. The third-order valence-electron chi connectivity index (χ3n) is 6.90. The number of anilines is 2. The molecule has 5 heterocycles. The lowest BCUT2D eigenvalue weighted by molar-refractivity contribution is -0.137. The zero-order chi connectivity index (χ0) is 24.0. The molecular weight excluding hydrogens is 428 g/mol. The molecule has 9 nitrogen and oxygen atoms in total. The highest BCUT2D eigenvalue weighted by Crippen LogP contribution is 2.39. The van der Waals surface area contributed by atoms with Crippen molar-refractivity contribution in [3.05, 3.63) is 36.4 Å². The fourth-order valence-electron chi connectivity index (χ4n) is 4.90. The molecule has 0 bridgehead atoms. The van der Waals surface area contributed by atoms with Crippen LogP contribution in [0.1, 0.15) is 39.7 Å². The quantitative estimate of drug-likeness (QED) is 0.593. The zero-order valence-corrected chi connectivity index (χ0v) is 20.1. The number of nitriles is 1. The van der Waals surface area contributed by atoms with Crippen LogP contribution in [0.4, 0.5) is 11.5 Å². The lowest BCUT2D eigenvalue weighted by Crippen LogP contribution is -2.59. The maximum absolute atomic E-state index is 12.8. The molecule has 0 saturated carbocycles. The van der Waals surface area contributed by atoms with Gasteiger partial charge < -0.3 is 14.7 Å². The van der Waals surface area contributed by atoms with Crippen LogP contribution in [0.15, 0.2) is 30.9 Å². The number of aromatic nitrogens is 4. The van der Waals surface area contributed by atoms with E-state index in [1.165, 1.54) is 0 Å². The summed E-state index contributed by atoms with van der Waals surface area (Å²) < 4.78 is 1.96. The van der Waals surface area contributed by atoms with E-state index < -0.39 is 0 Å². The van der Waals surface area contributed by atoms with Crippen LogP contribution in [0.2, 0.25) is 0 Å². The van der Waals surface area contributed by atoms with Crippen molar-refractivity contribution < 1.29 is 4.79 Å². The summed E-state index contributed by atoms with van der Waals surface area (Å²) >= 11 is 0. The van der Waals surface area contributed by atoms with Crippen molar-refractivity contribution in [3.63, 3.8) is 0 Å². The zero-order valence-electron chi connectivity index (χ0n) is 20.1.